The molecule has 242 valence electrons. The zero-order valence-corrected chi connectivity index (χ0v) is 28.9. The second kappa shape index (κ2) is 14.9. The van der Waals surface area contributed by atoms with Gasteiger partial charge in [-0.1, -0.05) is 157 Å². The van der Waals surface area contributed by atoms with E-state index >= 15 is 0 Å². The number of para-hydroxylation sites is 1. The van der Waals surface area contributed by atoms with Crippen molar-refractivity contribution in [3.8, 4) is 11.1 Å². The average Bonchev–Trinajstić information content (AvgIpc) is 3.14. The fourth-order valence-electron chi connectivity index (χ4n) is 6.59. The lowest BCUT2D eigenvalue weighted by atomic mass is 9.91. The fraction of sp³-hybridized carbons (Fsp3) is 0.0612. The van der Waals surface area contributed by atoms with E-state index in [1.165, 1.54) is 66.8 Å². The SMILES string of the molecule is Cc1cc(C)cc(C(=Cc2ccc(-c3cc(C)cc(C(=Cc4ccc(Nc5ccccc5)cc4)c4ccccc4)c3)cc2)c2ccccc2)c1. The Kier molecular flexibility index (Phi) is 9.67. The molecule has 0 saturated heterocycles. The van der Waals surface area contributed by atoms with Gasteiger partial charge in [0.2, 0.25) is 0 Å². The van der Waals surface area contributed by atoms with Crippen LogP contribution in [0.3, 0.4) is 0 Å². The topological polar surface area (TPSA) is 12.0 Å². The quantitative estimate of drug-likeness (QED) is 0.154. The Balaban J connectivity index is 1.22. The van der Waals surface area contributed by atoms with E-state index < -0.39 is 0 Å². The lowest BCUT2D eigenvalue weighted by Crippen LogP contribution is -1.93. The van der Waals surface area contributed by atoms with E-state index in [1.807, 2.05) is 18.2 Å². The van der Waals surface area contributed by atoms with Crippen molar-refractivity contribution in [2.24, 2.45) is 0 Å². The van der Waals surface area contributed by atoms with Gasteiger partial charge in [-0.2, -0.15) is 0 Å². The van der Waals surface area contributed by atoms with Crippen LogP contribution in [-0.2, 0) is 0 Å². The molecule has 1 N–H and O–H groups in total. The molecule has 0 saturated carbocycles. The molecule has 0 bridgehead atoms. The second-order valence-corrected chi connectivity index (χ2v) is 13.0. The molecule has 0 aliphatic carbocycles. The van der Waals surface area contributed by atoms with Gasteiger partial charge in [-0.05, 0) is 124 Å². The van der Waals surface area contributed by atoms with Crippen LogP contribution >= 0.6 is 0 Å². The van der Waals surface area contributed by atoms with Gasteiger partial charge in [0.25, 0.3) is 0 Å². The predicted molar refractivity (Wildman–Crippen MR) is 216 cm³/mol. The molecule has 0 aromatic heterocycles. The van der Waals surface area contributed by atoms with Crippen molar-refractivity contribution in [2.45, 2.75) is 20.8 Å². The number of benzene rings is 7. The first kappa shape index (κ1) is 32.4. The molecule has 0 atom stereocenters. The molecule has 1 heteroatoms. The van der Waals surface area contributed by atoms with Gasteiger partial charge >= 0.3 is 0 Å². The van der Waals surface area contributed by atoms with Crippen LogP contribution in [0.25, 0.3) is 34.4 Å². The summed E-state index contributed by atoms with van der Waals surface area (Å²) in [7, 11) is 0. The number of anilines is 2. The molecule has 0 aliphatic heterocycles. The zero-order chi connectivity index (χ0) is 34.3. The van der Waals surface area contributed by atoms with Crippen LogP contribution in [0.5, 0.6) is 0 Å². The molecule has 0 unspecified atom stereocenters. The van der Waals surface area contributed by atoms with E-state index in [2.05, 4.69) is 196 Å². The Labute approximate surface area is 296 Å². The van der Waals surface area contributed by atoms with Crippen molar-refractivity contribution in [1.82, 2.24) is 0 Å². The Morgan fingerprint density at radius 2 is 0.780 bits per heavy atom. The third kappa shape index (κ3) is 7.92. The van der Waals surface area contributed by atoms with E-state index in [0.29, 0.717) is 0 Å². The molecule has 50 heavy (non-hydrogen) atoms. The normalized spacial score (nSPS) is 11.7. The van der Waals surface area contributed by atoms with Crippen LogP contribution in [0.1, 0.15) is 50.1 Å². The molecule has 0 spiro atoms. The molecule has 0 fully saturated rings. The van der Waals surface area contributed by atoms with Gasteiger partial charge in [-0.3, -0.25) is 0 Å². The maximum atomic E-state index is 3.49. The van der Waals surface area contributed by atoms with Gasteiger partial charge in [0, 0.05) is 11.4 Å². The number of hydrogen-bond acceptors (Lipinski definition) is 1. The summed E-state index contributed by atoms with van der Waals surface area (Å²) in [5, 5.41) is 3.49. The Morgan fingerprint density at radius 3 is 1.30 bits per heavy atom. The summed E-state index contributed by atoms with van der Waals surface area (Å²) in [6, 6.07) is 63.0. The largest absolute Gasteiger partial charge is 0.356 e. The van der Waals surface area contributed by atoms with Crippen LogP contribution in [-0.4, -0.2) is 0 Å². The molecular weight excluding hydrogens is 603 g/mol. The molecule has 7 aromatic carbocycles. The Bertz CT molecular complexity index is 2240. The lowest BCUT2D eigenvalue weighted by Gasteiger charge is -2.14. The maximum absolute atomic E-state index is 3.49. The van der Waals surface area contributed by atoms with Gasteiger partial charge in [0.15, 0.2) is 0 Å². The third-order valence-electron chi connectivity index (χ3n) is 8.93. The first-order valence-electron chi connectivity index (χ1n) is 17.2. The summed E-state index contributed by atoms with van der Waals surface area (Å²) in [5.74, 6) is 0. The van der Waals surface area contributed by atoms with Crippen molar-refractivity contribution in [3.05, 3.63) is 226 Å². The van der Waals surface area contributed by atoms with Crippen molar-refractivity contribution < 1.29 is 0 Å². The molecular formula is C49H41N. The van der Waals surface area contributed by atoms with Gasteiger partial charge in [-0.25, -0.2) is 0 Å². The van der Waals surface area contributed by atoms with E-state index in [4.69, 9.17) is 0 Å². The van der Waals surface area contributed by atoms with Crippen LogP contribution in [0.15, 0.2) is 176 Å². The molecule has 0 radical (unpaired) electrons. The van der Waals surface area contributed by atoms with Gasteiger partial charge in [0.05, 0.1) is 0 Å². The van der Waals surface area contributed by atoms with E-state index in [-0.39, 0.29) is 0 Å². The first-order valence-corrected chi connectivity index (χ1v) is 17.2. The van der Waals surface area contributed by atoms with Crippen LogP contribution in [0.2, 0.25) is 0 Å². The van der Waals surface area contributed by atoms with Gasteiger partial charge in [-0.15, -0.1) is 0 Å². The van der Waals surface area contributed by atoms with E-state index in [1.54, 1.807) is 0 Å². The van der Waals surface area contributed by atoms with E-state index in [9.17, 15) is 0 Å². The second-order valence-electron chi connectivity index (χ2n) is 13.0. The molecule has 0 aliphatic rings. The Morgan fingerprint density at radius 1 is 0.360 bits per heavy atom. The minimum atomic E-state index is 1.07. The summed E-state index contributed by atoms with van der Waals surface area (Å²) in [4.78, 5) is 0. The summed E-state index contributed by atoms with van der Waals surface area (Å²) >= 11 is 0. The highest BCUT2D eigenvalue weighted by molar-refractivity contribution is 5.94. The van der Waals surface area contributed by atoms with Crippen LogP contribution < -0.4 is 5.32 Å². The van der Waals surface area contributed by atoms with Crippen LogP contribution in [0, 0.1) is 20.8 Å². The minimum absolute atomic E-state index is 1.07. The highest BCUT2D eigenvalue weighted by Gasteiger charge is 2.11. The third-order valence-corrected chi connectivity index (χ3v) is 8.93. The highest BCUT2D eigenvalue weighted by Crippen LogP contribution is 2.33. The van der Waals surface area contributed by atoms with Gasteiger partial charge < -0.3 is 5.32 Å². The summed E-state index contributed by atoms with van der Waals surface area (Å²) in [6.45, 7) is 6.53. The predicted octanol–water partition coefficient (Wildman–Crippen LogP) is 13.2. The van der Waals surface area contributed by atoms with Crippen LogP contribution in [0.4, 0.5) is 11.4 Å². The molecule has 1 nitrogen and oxygen atoms in total. The number of nitrogens with one attached hydrogen (secondary N) is 1. The summed E-state index contributed by atoms with van der Waals surface area (Å²) in [6.07, 6.45) is 4.61. The molecule has 7 aromatic rings. The minimum Gasteiger partial charge on any atom is -0.356 e. The number of rotatable bonds is 9. The standard InChI is InChI=1S/C49H41N/c1-35-27-36(2)30-44(29-35)48(41-13-7-4-8-14-41)32-38-19-23-40(24-20-38)43-28-37(3)31-45(34-43)49(42-15-9-5-10-16-42)33-39-21-25-47(26-22-39)50-46-17-11-6-12-18-46/h4-34,50H,1-3H3. The number of aryl methyl sites for hydroxylation is 3. The van der Waals surface area contributed by atoms with Crippen molar-refractivity contribution in [1.29, 1.82) is 0 Å². The van der Waals surface area contributed by atoms with Gasteiger partial charge in [0.1, 0.15) is 0 Å². The average molecular weight is 644 g/mol. The smallest absolute Gasteiger partial charge is 0.0384 e. The monoisotopic (exact) mass is 643 g/mol. The number of hydrogen-bond donors (Lipinski definition) is 1. The van der Waals surface area contributed by atoms with Crippen molar-refractivity contribution >= 4 is 34.7 Å². The van der Waals surface area contributed by atoms with E-state index in [0.717, 1.165) is 16.9 Å². The van der Waals surface area contributed by atoms with Crippen molar-refractivity contribution in [2.75, 3.05) is 5.32 Å². The lowest BCUT2D eigenvalue weighted by molar-refractivity contribution is 1.36. The molecule has 0 heterocycles. The Hall–Kier alpha value is -6.18. The zero-order valence-electron chi connectivity index (χ0n) is 28.9. The molecule has 0 amide bonds. The summed E-state index contributed by atoms with van der Waals surface area (Å²) in [5.41, 5.74) is 17.9. The summed E-state index contributed by atoms with van der Waals surface area (Å²) < 4.78 is 0. The van der Waals surface area contributed by atoms with Crippen molar-refractivity contribution in [3.63, 3.8) is 0 Å². The highest BCUT2D eigenvalue weighted by atomic mass is 14.9. The fourth-order valence-corrected chi connectivity index (χ4v) is 6.59. The molecule has 7 rings (SSSR count). The first-order chi connectivity index (χ1) is 24.5. The maximum Gasteiger partial charge on any atom is 0.0384 e.